The minimum atomic E-state index is -1.50. The fourth-order valence-electron chi connectivity index (χ4n) is 4.48. The third-order valence-corrected chi connectivity index (χ3v) is 8.50. The molecular weight excluding hydrogens is 440 g/mol. The molecule has 0 spiro atoms. The van der Waals surface area contributed by atoms with E-state index in [9.17, 15) is 9.59 Å². The highest BCUT2D eigenvalue weighted by atomic mass is 32.1. The van der Waals surface area contributed by atoms with Crippen LogP contribution in [0.3, 0.4) is 0 Å². The molecule has 1 amide bonds. The van der Waals surface area contributed by atoms with Crippen LogP contribution in [-0.4, -0.2) is 49.6 Å². The Labute approximate surface area is 196 Å². The fraction of sp³-hybridized carbons (Fsp3) is 0.542. The number of hydrogen-bond donors (Lipinski definition) is 0. The average Bonchev–Trinajstić information content (AvgIpc) is 3.10. The number of ether oxygens (including phenoxy) is 1. The van der Waals surface area contributed by atoms with Crippen molar-refractivity contribution in [1.29, 1.82) is 0 Å². The smallest absolute Gasteiger partial charge is 0.332 e. The highest BCUT2D eigenvalue weighted by Crippen LogP contribution is 2.55. The first kappa shape index (κ1) is 24.6. The highest BCUT2D eigenvalue weighted by molar-refractivity contribution is 7.18. The van der Waals surface area contributed by atoms with Crippen LogP contribution in [0.25, 0.3) is 10.2 Å². The molecular formula is C24H34N2O4SSi. The molecule has 0 N–H and O–H groups in total. The summed E-state index contributed by atoms with van der Waals surface area (Å²) >= 11 is 1.55. The van der Waals surface area contributed by atoms with Crippen molar-refractivity contribution in [2.75, 3.05) is 7.11 Å². The molecule has 0 aliphatic carbocycles. The number of nitrogens with zero attached hydrogens (tertiary/aromatic N) is 2. The van der Waals surface area contributed by atoms with E-state index in [-0.39, 0.29) is 11.3 Å². The summed E-state index contributed by atoms with van der Waals surface area (Å²) in [5.74, 6) is -1.09. The van der Waals surface area contributed by atoms with E-state index >= 15 is 0 Å². The summed E-state index contributed by atoms with van der Waals surface area (Å²) in [5.41, 5.74) is 0.410. The Hall–Kier alpha value is -2.03. The minimum Gasteiger partial charge on any atom is -0.467 e. The first-order chi connectivity index (χ1) is 14.8. The molecule has 1 fully saturated rings. The molecule has 3 unspecified atom stereocenters. The number of methoxy groups -OCH3 is 1. The van der Waals surface area contributed by atoms with Crippen LogP contribution >= 0.6 is 11.3 Å². The van der Waals surface area contributed by atoms with E-state index in [0.29, 0.717) is 5.57 Å². The van der Waals surface area contributed by atoms with Crippen molar-refractivity contribution in [2.45, 2.75) is 65.4 Å². The van der Waals surface area contributed by atoms with E-state index < -0.39 is 38.6 Å². The van der Waals surface area contributed by atoms with Gasteiger partial charge in [-0.1, -0.05) is 39.5 Å². The zero-order chi connectivity index (χ0) is 24.0. The van der Waals surface area contributed by atoms with Gasteiger partial charge >= 0.3 is 5.97 Å². The lowest BCUT2D eigenvalue weighted by molar-refractivity contribution is -0.194. The van der Waals surface area contributed by atoms with E-state index in [1.54, 1.807) is 23.2 Å². The van der Waals surface area contributed by atoms with Gasteiger partial charge in [-0.25, -0.2) is 9.78 Å². The Bertz CT molecular complexity index is 1010. The number of esters is 1. The number of thiazole rings is 1. The first-order valence-electron chi connectivity index (χ1n) is 10.9. The molecule has 0 saturated carbocycles. The zero-order valence-corrected chi connectivity index (χ0v) is 22.2. The molecule has 1 aliphatic rings. The second kappa shape index (κ2) is 8.72. The quantitative estimate of drug-likeness (QED) is 0.251. The van der Waals surface area contributed by atoms with Gasteiger partial charge in [0.25, 0.3) is 0 Å². The molecule has 1 aromatic heterocycles. The van der Waals surface area contributed by atoms with E-state index in [1.165, 1.54) is 7.11 Å². The lowest BCUT2D eigenvalue weighted by atomic mass is 9.63. The van der Waals surface area contributed by atoms with Crippen molar-refractivity contribution in [1.82, 2.24) is 9.88 Å². The van der Waals surface area contributed by atoms with E-state index in [1.807, 2.05) is 31.2 Å². The Morgan fingerprint density at radius 1 is 1.25 bits per heavy atom. The second-order valence-electron chi connectivity index (χ2n) is 9.98. The van der Waals surface area contributed by atoms with Gasteiger partial charge < -0.3 is 14.1 Å². The second-order valence-corrected chi connectivity index (χ2v) is 13.4. The van der Waals surface area contributed by atoms with Crippen LogP contribution in [0.15, 0.2) is 36.4 Å². The third kappa shape index (κ3) is 4.04. The van der Waals surface area contributed by atoms with Crippen molar-refractivity contribution in [3.8, 4) is 0 Å². The molecule has 0 radical (unpaired) electrons. The number of rotatable bonds is 7. The van der Waals surface area contributed by atoms with Crippen LogP contribution in [0.5, 0.6) is 0 Å². The summed E-state index contributed by atoms with van der Waals surface area (Å²) < 4.78 is 12.7. The van der Waals surface area contributed by atoms with Gasteiger partial charge in [0.2, 0.25) is 5.91 Å². The van der Waals surface area contributed by atoms with Gasteiger partial charge in [0.15, 0.2) is 15.1 Å². The largest absolute Gasteiger partial charge is 0.467 e. The molecule has 32 heavy (non-hydrogen) atoms. The number of benzene rings is 1. The summed E-state index contributed by atoms with van der Waals surface area (Å²) in [6.45, 7) is 18.3. The van der Waals surface area contributed by atoms with E-state index in [2.05, 4.69) is 40.4 Å². The number of likely N-dealkylation sites (tertiary alicyclic amines) is 1. The predicted octanol–water partition coefficient (Wildman–Crippen LogP) is 4.72. The maximum absolute atomic E-state index is 13.8. The molecule has 2 heterocycles. The third-order valence-electron chi connectivity index (χ3n) is 6.43. The summed E-state index contributed by atoms with van der Waals surface area (Å²) in [4.78, 5) is 33.0. The van der Waals surface area contributed by atoms with Crippen molar-refractivity contribution in [2.24, 2.45) is 11.3 Å². The molecule has 2 aromatic rings. The normalized spacial score (nSPS) is 21.9. The van der Waals surface area contributed by atoms with Gasteiger partial charge in [-0.05, 0) is 50.1 Å². The zero-order valence-electron chi connectivity index (χ0n) is 20.3. The molecule has 1 aromatic carbocycles. The lowest BCUT2D eigenvalue weighted by Crippen LogP contribution is -2.70. The number of aromatic nitrogens is 1. The van der Waals surface area contributed by atoms with Gasteiger partial charge in [0.1, 0.15) is 5.01 Å². The maximum Gasteiger partial charge on any atom is 0.332 e. The Morgan fingerprint density at radius 3 is 2.38 bits per heavy atom. The Balaban J connectivity index is 2.19. The molecule has 1 saturated heterocycles. The summed E-state index contributed by atoms with van der Waals surface area (Å²) in [6.07, 6.45) is 0. The van der Waals surface area contributed by atoms with Crippen LogP contribution in [-0.2, 0) is 18.8 Å². The summed E-state index contributed by atoms with van der Waals surface area (Å²) in [6, 6.07) is 6.65. The van der Waals surface area contributed by atoms with Crippen molar-refractivity contribution in [3.63, 3.8) is 0 Å². The monoisotopic (exact) mass is 474 g/mol. The summed E-state index contributed by atoms with van der Waals surface area (Å²) in [7, 11) is -0.164. The van der Waals surface area contributed by atoms with Gasteiger partial charge in [-0.2, -0.15) is 0 Å². The van der Waals surface area contributed by atoms with Gasteiger partial charge in [0, 0.05) is 0 Å². The Morgan fingerprint density at radius 2 is 1.88 bits per heavy atom. The number of para-hydroxylation sites is 1. The standard InChI is InChI=1S/C24H34N2O4SSi/c1-14(2)18(22(28)29-7)26-19(20-25-15-12-10-11-13-16(15)31-20)17(21(26)27)24(6,23(3,4)5)30-32(8)9/h10-13,17-19,32H,1H2,2-9H3/t17?,18?,19?,24-/m0/s1. The van der Waals surface area contributed by atoms with Crippen LogP contribution in [0, 0.1) is 11.3 Å². The number of fused-ring (bicyclic) bond motifs is 1. The lowest BCUT2D eigenvalue weighted by Gasteiger charge is -2.59. The predicted molar refractivity (Wildman–Crippen MR) is 131 cm³/mol. The number of amides is 1. The molecule has 174 valence electrons. The van der Waals surface area contributed by atoms with E-state index in [0.717, 1.165) is 15.2 Å². The van der Waals surface area contributed by atoms with Crippen LogP contribution < -0.4 is 0 Å². The molecule has 6 nitrogen and oxygen atoms in total. The number of hydrogen-bond acceptors (Lipinski definition) is 6. The topological polar surface area (TPSA) is 68.7 Å². The Kier molecular flexibility index (Phi) is 6.71. The summed E-state index contributed by atoms with van der Waals surface area (Å²) in [5, 5.41) is 0.801. The number of carbonyl (C=O) groups excluding carboxylic acids is 2. The number of carbonyl (C=O) groups is 2. The molecule has 1 aliphatic heterocycles. The van der Waals surface area contributed by atoms with Gasteiger partial charge in [-0.15, -0.1) is 11.3 Å². The van der Waals surface area contributed by atoms with Gasteiger partial charge in [0.05, 0.1) is 34.9 Å². The molecule has 0 bridgehead atoms. The minimum absolute atomic E-state index is 0.125. The van der Waals surface area contributed by atoms with Crippen LogP contribution in [0.4, 0.5) is 0 Å². The van der Waals surface area contributed by atoms with Crippen molar-refractivity contribution < 1.29 is 18.8 Å². The average molecular weight is 475 g/mol. The number of β-lactam (4-membered cyclic amide) rings is 1. The molecule has 4 atom stereocenters. The molecule has 8 heteroatoms. The van der Waals surface area contributed by atoms with Crippen molar-refractivity contribution >= 4 is 42.5 Å². The van der Waals surface area contributed by atoms with Crippen LogP contribution in [0.2, 0.25) is 13.1 Å². The fourth-order valence-corrected chi connectivity index (χ4v) is 7.07. The van der Waals surface area contributed by atoms with E-state index in [4.69, 9.17) is 14.1 Å². The first-order valence-corrected chi connectivity index (χ1v) is 14.5. The van der Waals surface area contributed by atoms with Crippen molar-refractivity contribution in [3.05, 3.63) is 41.4 Å². The van der Waals surface area contributed by atoms with Gasteiger partial charge in [-0.3, -0.25) is 4.79 Å². The SMILES string of the molecule is C=C(C)C(C(=O)OC)N1C(=O)C([C@](C)(O[SiH](C)C)C(C)(C)C)C1c1nc2ccccc2s1. The van der Waals surface area contributed by atoms with Crippen LogP contribution in [0.1, 0.15) is 45.7 Å². The maximum atomic E-state index is 13.8. The molecule has 3 rings (SSSR count). The highest BCUT2D eigenvalue weighted by Gasteiger charge is 2.64.